The molecular weight excluding hydrogens is 628 g/mol. The van der Waals surface area contributed by atoms with Crippen molar-refractivity contribution in [3.8, 4) is 22.8 Å². The van der Waals surface area contributed by atoms with Crippen LogP contribution in [0.1, 0.15) is 59.8 Å². The normalized spacial score (nSPS) is 24.3. The minimum Gasteiger partial charge on any atom is -0.497 e. The summed E-state index contributed by atoms with van der Waals surface area (Å²) >= 11 is 0. The lowest BCUT2D eigenvalue weighted by atomic mass is 9.83. The van der Waals surface area contributed by atoms with Gasteiger partial charge in [0.25, 0.3) is 0 Å². The first-order chi connectivity index (χ1) is 24.0. The third-order valence-electron chi connectivity index (χ3n) is 10.5. The molecule has 3 fully saturated rings. The molecule has 2 aromatic carbocycles. The Hall–Kier alpha value is -4.37. The van der Waals surface area contributed by atoms with Gasteiger partial charge in [0.1, 0.15) is 34.9 Å². The number of aromatic nitrogens is 1. The minimum atomic E-state index is -0.735. The summed E-state index contributed by atoms with van der Waals surface area (Å²) in [5.74, 6) is 1.62. The van der Waals surface area contributed by atoms with Crippen molar-refractivity contribution in [1.29, 1.82) is 0 Å². The third kappa shape index (κ3) is 7.11. The summed E-state index contributed by atoms with van der Waals surface area (Å²) in [5.41, 5.74) is 1.38. The highest BCUT2D eigenvalue weighted by Gasteiger charge is 2.58. The van der Waals surface area contributed by atoms with Gasteiger partial charge in [0.05, 0.1) is 37.5 Å². The van der Waals surface area contributed by atoms with Gasteiger partial charge in [-0.2, -0.15) is 0 Å². The van der Waals surface area contributed by atoms with Gasteiger partial charge >= 0.3 is 0 Å². The van der Waals surface area contributed by atoms with Crippen molar-refractivity contribution in [2.45, 2.75) is 83.5 Å². The van der Waals surface area contributed by atoms with Gasteiger partial charge in [-0.15, -0.1) is 6.58 Å². The van der Waals surface area contributed by atoms with Crippen molar-refractivity contribution in [3.63, 3.8) is 0 Å². The molecule has 2 unspecified atom stereocenters. The monoisotopic (exact) mass is 680 g/mol. The highest BCUT2D eigenvalue weighted by Crippen LogP contribution is 2.50. The Kier molecular flexibility index (Phi) is 10.3. The second kappa shape index (κ2) is 14.5. The largest absolute Gasteiger partial charge is 0.497 e. The lowest BCUT2D eigenvalue weighted by molar-refractivity contribution is -0.147. The lowest BCUT2D eigenvalue weighted by Gasteiger charge is -2.43. The molecule has 0 bridgehead atoms. The molecule has 3 aliphatic rings. The molecule has 1 saturated carbocycles. The zero-order chi connectivity index (χ0) is 35.6. The third-order valence-corrected chi connectivity index (χ3v) is 10.5. The molecule has 266 valence electrons. The van der Waals surface area contributed by atoms with Crippen molar-refractivity contribution >= 4 is 22.7 Å². The summed E-state index contributed by atoms with van der Waals surface area (Å²) < 4.78 is 18.2. The van der Waals surface area contributed by atoms with Gasteiger partial charge < -0.3 is 24.4 Å². The molecule has 1 aromatic heterocycles. The van der Waals surface area contributed by atoms with E-state index in [2.05, 4.69) is 44.1 Å². The van der Waals surface area contributed by atoms with E-state index < -0.39 is 17.7 Å². The van der Waals surface area contributed by atoms with E-state index in [0.29, 0.717) is 36.7 Å². The van der Waals surface area contributed by atoms with Crippen LogP contribution < -0.4 is 14.8 Å². The van der Waals surface area contributed by atoms with Crippen LogP contribution in [0, 0.1) is 11.3 Å². The average Bonchev–Trinajstić information content (AvgIpc) is 3.66. The van der Waals surface area contributed by atoms with E-state index in [0.717, 1.165) is 48.1 Å². The maximum Gasteiger partial charge on any atom is 0.243 e. The maximum atomic E-state index is 14.8. The van der Waals surface area contributed by atoms with Gasteiger partial charge in [-0.05, 0) is 56.8 Å². The van der Waals surface area contributed by atoms with Gasteiger partial charge in [-0.25, -0.2) is 4.98 Å². The average molecular weight is 681 g/mol. The summed E-state index contributed by atoms with van der Waals surface area (Å²) in [6.45, 7) is 18.9. The minimum absolute atomic E-state index is 0.00959. The van der Waals surface area contributed by atoms with Gasteiger partial charge in [0.15, 0.2) is 0 Å². The molecule has 3 aromatic rings. The summed E-state index contributed by atoms with van der Waals surface area (Å²) in [5, 5.41) is 4.10. The molecule has 5 atom stereocenters. The molecule has 1 aliphatic carbocycles. The Labute approximate surface area is 296 Å². The molecule has 9 nitrogen and oxygen atoms in total. The summed E-state index contributed by atoms with van der Waals surface area (Å²) in [7, 11) is 1.64. The zero-order valence-electron chi connectivity index (χ0n) is 30.2. The smallest absolute Gasteiger partial charge is 0.243 e. The summed E-state index contributed by atoms with van der Waals surface area (Å²) in [4.78, 5) is 38.3. The number of nitrogens with one attached hydrogen (secondary N) is 1. The van der Waals surface area contributed by atoms with Crippen molar-refractivity contribution in [1.82, 2.24) is 20.1 Å². The molecule has 2 aliphatic heterocycles. The number of hydrogen-bond acceptors (Lipinski definition) is 7. The molecule has 6 rings (SSSR count). The zero-order valence-corrected chi connectivity index (χ0v) is 30.2. The van der Waals surface area contributed by atoms with Crippen LogP contribution in [0.4, 0.5) is 0 Å². The molecule has 2 saturated heterocycles. The van der Waals surface area contributed by atoms with Gasteiger partial charge in [-0.1, -0.05) is 70.2 Å². The number of pyridine rings is 1. The standard InChI is InChI=1S/C41H52N4O5/c1-8-29-25-41(29,27(3)49-9-2)43-38(46)35-23-31(26-45(35)39(47)37(40(4,5)6)44-20-14-11-15-21-44)50-36-24-33(28-16-12-10-13-17-28)42-34-22-30(48-7)18-19-32(34)36/h8,10,12-13,16-19,22,24,29,31,35,37H,1,3,9,11,14-15,20-21,23,25-26H2,2,4-7H3,(H,43,46)/t29?,31-,35+,37-,41?/m1/s1. The number of ether oxygens (including phenoxy) is 3. The van der Waals surface area contributed by atoms with Crippen LogP contribution in [0.15, 0.2) is 79.6 Å². The van der Waals surface area contributed by atoms with Crippen LogP contribution in [-0.4, -0.2) is 83.7 Å². The summed E-state index contributed by atoms with van der Waals surface area (Å²) in [6.07, 6.45) is 5.69. The first kappa shape index (κ1) is 35.5. The number of nitrogens with zero attached hydrogens (tertiary/aromatic N) is 3. The number of carbonyl (C=O) groups is 2. The van der Waals surface area contributed by atoms with E-state index in [1.807, 2.05) is 67.6 Å². The van der Waals surface area contributed by atoms with E-state index >= 15 is 0 Å². The number of rotatable bonds is 12. The van der Waals surface area contributed by atoms with Crippen molar-refractivity contribution in [2.75, 3.05) is 33.4 Å². The van der Waals surface area contributed by atoms with Crippen LogP contribution >= 0.6 is 0 Å². The van der Waals surface area contributed by atoms with Crippen molar-refractivity contribution in [3.05, 3.63) is 79.6 Å². The van der Waals surface area contributed by atoms with E-state index in [1.54, 1.807) is 12.0 Å². The molecule has 9 heteroatoms. The van der Waals surface area contributed by atoms with Crippen LogP contribution in [0.3, 0.4) is 0 Å². The fourth-order valence-corrected chi connectivity index (χ4v) is 7.83. The second-order valence-corrected chi connectivity index (χ2v) is 15.0. The predicted octanol–water partition coefficient (Wildman–Crippen LogP) is 6.77. The number of fused-ring (bicyclic) bond motifs is 1. The molecule has 50 heavy (non-hydrogen) atoms. The Bertz CT molecular complexity index is 1730. The number of hydrogen-bond donors (Lipinski definition) is 1. The van der Waals surface area contributed by atoms with Crippen LogP contribution in [0.2, 0.25) is 0 Å². The molecular formula is C41H52N4O5. The molecule has 3 heterocycles. The van der Waals surface area contributed by atoms with Crippen LogP contribution in [-0.2, 0) is 14.3 Å². The fourth-order valence-electron chi connectivity index (χ4n) is 7.83. The van der Waals surface area contributed by atoms with Crippen LogP contribution in [0.25, 0.3) is 22.2 Å². The first-order valence-electron chi connectivity index (χ1n) is 18.0. The molecule has 2 amide bonds. The van der Waals surface area contributed by atoms with Crippen LogP contribution in [0.5, 0.6) is 11.5 Å². The number of likely N-dealkylation sites (tertiary alicyclic amines) is 2. The Morgan fingerprint density at radius 3 is 2.48 bits per heavy atom. The maximum absolute atomic E-state index is 14.8. The number of methoxy groups -OCH3 is 1. The number of benzene rings is 2. The fraction of sp³-hybridized carbons (Fsp3) is 0.488. The number of piperidine rings is 1. The van der Waals surface area contributed by atoms with E-state index in [9.17, 15) is 9.59 Å². The second-order valence-electron chi connectivity index (χ2n) is 15.0. The topological polar surface area (TPSA) is 93.2 Å². The predicted molar refractivity (Wildman–Crippen MR) is 197 cm³/mol. The lowest BCUT2D eigenvalue weighted by Crippen LogP contribution is -2.59. The van der Waals surface area contributed by atoms with E-state index in [1.165, 1.54) is 6.42 Å². The molecule has 0 radical (unpaired) electrons. The molecule has 0 spiro atoms. The highest BCUT2D eigenvalue weighted by molar-refractivity contribution is 5.92. The van der Waals surface area contributed by atoms with E-state index in [-0.39, 0.29) is 35.7 Å². The summed E-state index contributed by atoms with van der Waals surface area (Å²) in [6, 6.07) is 16.6. The molecule has 1 N–H and O–H groups in total. The Morgan fingerprint density at radius 1 is 1.10 bits per heavy atom. The Morgan fingerprint density at radius 2 is 1.84 bits per heavy atom. The first-order valence-corrected chi connectivity index (χ1v) is 18.0. The highest BCUT2D eigenvalue weighted by atomic mass is 16.5. The van der Waals surface area contributed by atoms with Gasteiger partial charge in [0.2, 0.25) is 11.8 Å². The number of carbonyl (C=O) groups excluding carboxylic acids is 2. The van der Waals surface area contributed by atoms with Crippen molar-refractivity contribution in [2.24, 2.45) is 11.3 Å². The van der Waals surface area contributed by atoms with Gasteiger partial charge in [-0.3, -0.25) is 14.5 Å². The number of amides is 2. The van der Waals surface area contributed by atoms with E-state index in [4.69, 9.17) is 19.2 Å². The quantitative estimate of drug-likeness (QED) is 0.167. The Balaban J connectivity index is 1.35. The van der Waals surface area contributed by atoms with Gasteiger partial charge in [0, 0.05) is 35.4 Å². The SMILES string of the molecule is C=CC1CC1(NC(=O)[C@@H]1C[C@@H](Oc2cc(-c3ccccc3)nc3cc(OC)ccc23)CN1C(=O)[C@@H](N1CCCCC1)C(C)(C)C)C(=C)OCC. The van der Waals surface area contributed by atoms with Crippen molar-refractivity contribution < 1.29 is 23.8 Å².